The summed E-state index contributed by atoms with van der Waals surface area (Å²) in [5.41, 5.74) is 5.53. The predicted octanol–water partition coefficient (Wildman–Crippen LogP) is 2.62. The second kappa shape index (κ2) is 9.76. The first kappa shape index (κ1) is 17.9. The third-order valence-electron chi connectivity index (χ3n) is 3.95. The standard InChI is InChI=1S/C15H34N2O/c1-5-14(6-2)12-17(7-3)11-9-8-10-15(4,16)13-18/h14,18H,5-13,16H2,1-4H3. The zero-order valence-electron chi connectivity index (χ0n) is 12.9. The molecule has 0 aliphatic heterocycles. The Kier molecular flexibility index (Phi) is 9.70. The molecule has 0 aromatic carbocycles. The van der Waals surface area contributed by atoms with Gasteiger partial charge in [0.25, 0.3) is 0 Å². The average Bonchev–Trinajstić information content (AvgIpc) is 2.38. The molecule has 0 radical (unpaired) electrons. The van der Waals surface area contributed by atoms with E-state index in [0.29, 0.717) is 0 Å². The minimum atomic E-state index is -0.396. The molecule has 0 bridgehead atoms. The molecule has 3 heteroatoms. The fourth-order valence-corrected chi connectivity index (χ4v) is 2.23. The van der Waals surface area contributed by atoms with E-state index >= 15 is 0 Å². The molecule has 0 aromatic heterocycles. The summed E-state index contributed by atoms with van der Waals surface area (Å²) in [6.45, 7) is 12.3. The van der Waals surface area contributed by atoms with Crippen molar-refractivity contribution in [1.82, 2.24) is 4.90 Å². The molecule has 0 saturated heterocycles. The quantitative estimate of drug-likeness (QED) is 0.560. The highest BCUT2D eigenvalue weighted by Gasteiger charge is 2.16. The molecule has 3 N–H and O–H groups in total. The van der Waals surface area contributed by atoms with E-state index in [0.717, 1.165) is 31.8 Å². The summed E-state index contributed by atoms with van der Waals surface area (Å²) >= 11 is 0. The van der Waals surface area contributed by atoms with Gasteiger partial charge in [0.2, 0.25) is 0 Å². The third kappa shape index (κ3) is 8.06. The third-order valence-corrected chi connectivity index (χ3v) is 3.95. The first-order valence-corrected chi connectivity index (χ1v) is 7.61. The van der Waals surface area contributed by atoms with Crippen molar-refractivity contribution in [2.75, 3.05) is 26.2 Å². The summed E-state index contributed by atoms with van der Waals surface area (Å²) in [6.07, 6.45) is 5.75. The second-order valence-electron chi connectivity index (χ2n) is 5.85. The topological polar surface area (TPSA) is 49.5 Å². The summed E-state index contributed by atoms with van der Waals surface area (Å²) in [6, 6.07) is 0. The first-order valence-electron chi connectivity index (χ1n) is 7.61. The number of nitrogens with two attached hydrogens (primary N) is 1. The number of unbranched alkanes of at least 4 members (excludes halogenated alkanes) is 1. The van der Waals surface area contributed by atoms with Crippen LogP contribution < -0.4 is 5.73 Å². The van der Waals surface area contributed by atoms with Crippen LogP contribution in [-0.4, -0.2) is 41.8 Å². The molecule has 110 valence electrons. The van der Waals surface area contributed by atoms with Crippen molar-refractivity contribution >= 4 is 0 Å². The van der Waals surface area contributed by atoms with Gasteiger partial charge in [0.05, 0.1) is 6.61 Å². The lowest BCUT2D eigenvalue weighted by Gasteiger charge is -2.26. The number of nitrogens with zero attached hydrogens (tertiary/aromatic N) is 1. The Hall–Kier alpha value is -0.120. The Bertz CT molecular complexity index is 191. The second-order valence-corrected chi connectivity index (χ2v) is 5.85. The van der Waals surface area contributed by atoms with Gasteiger partial charge in [-0.25, -0.2) is 0 Å². The van der Waals surface area contributed by atoms with Gasteiger partial charge in [0, 0.05) is 12.1 Å². The molecule has 0 amide bonds. The van der Waals surface area contributed by atoms with Crippen LogP contribution in [0.2, 0.25) is 0 Å². The zero-order valence-corrected chi connectivity index (χ0v) is 12.9. The molecular weight excluding hydrogens is 224 g/mol. The Morgan fingerprint density at radius 1 is 1.17 bits per heavy atom. The molecule has 0 saturated carbocycles. The van der Waals surface area contributed by atoms with Crippen molar-refractivity contribution in [2.24, 2.45) is 11.7 Å². The summed E-state index contributed by atoms with van der Waals surface area (Å²) in [7, 11) is 0. The molecule has 1 unspecified atom stereocenters. The number of aliphatic hydroxyl groups is 1. The highest BCUT2D eigenvalue weighted by atomic mass is 16.3. The van der Waals surface area contributed by atoms with Gasteiger partial charge in [-0.3, -0.25) is 0 Å². The van der Waals surface area contributed by atoms with Crippen LogP contribution in [0.25, 0.3) is 0 Å². The monoisotopic (exact) mass is 258 g/mol. The molecular formula is C15H34N2O. The number of hydrogen-bond acceptors (Lipinski definition) is 3. The highest BCUT2D eigenvalue weighted by molar-refractivity contribution is 4.77. The predicted molar refractivity (Wildman–Crippen MR) is 79.7 cm³/mol. The molecule has 0 aliphatic carbocycles. The number of hydrogen-bond donors (Lipinski definition) is 2. The fourth-order valence-electron chi connectivity index (χ4n) is 2.23. The maximum Gasteiger partial charge on any atom is 0.0608 e. The normalized spacial score (nSPS) is 15.3. The molecule has 0 heterocycles. The molecule has 18 heavy (non-hydrogen) atoms. The molecule has 1 atom stereocenters. The van der Waals surface area contributed by atoms with E-state index < -0.39 is 5.54 Å². The van der Waals surface area contributed by atoms with Crippen LogP contribution in [0.1, 0.15) is 59.8 Å². The van der Waals surface area contributed by atoms with Gasteiger partial charge in [-0.15, -0.1) is 0 Å². The van der Waals surface area contributed by atoms with Crippen molar-refractivity contribution in [1.29, 1.82) is 0 Å². The lowest BCUT2D eigenvalue weighted by atomic mass is 9.97. The Morgan fingerprint density at radius 3 is 2.22 bits per heavy atom. The molecule has 0 rings (SSSR count). The summed E-state index contributed by atoms with van der Waals surface area (Å²) < 4.78 is 0. The van der Waals surface area contributed by atoms with Crippen molar-refractivity contribution in [2.45, 2.75) is 65.3 Å². The van der Waals surface area contributed by atoms with E-state index in [1.807, 2.05) is 6.92 Å². The van der Waals surface area contributed by atoms with Crippen LogP contribution in [0.5, 0.6) is 0 Å². The smallest absolute Gasteiger partial charge is 0.0608 e. The summed E-state index contributed by atoms with van der Waals surface area (Å²) in [5, 5.41) is 9.10. The van der Waals surface area contributed by atoms with E-state index in [4.69, 9.17) is 10.8 Å². The minimum absolute atomic E-state index is 0.0816. The SMILES string of the molecule is CCC(CC)CN(CC)CCCCC(C)(N)CO. The lowest BCUT2D eigenvalue weighted by molar-refractivity contribution is 0.190. The number of rotatable bonds is 11. The van der Waals surface area contributed by atoms with Crippen LogP contribution in [0, 0.1) is 5.92 Å². The fraction of sp³-hybridized carbons (Fsp3) is 1.00. The molecule has 0 aliphatic rings. The Morgan fingerprint density at radius 2 is 1.78 bits per heavy atom. The van der Waals surface area contributed by atoms with E-state index in [2.05, 4.69) is 25.7 Å². The zero-order chi connectivity index (χ0) is 14.0. The molecule has 0 spiro atoms. The van der Waals surface area contributed by atoms with Crippen LogP contribution in [-0.2, 0) is 0 Å². The maximum absolute atomic E-state index is 9.10. The van der Waals surface area contributed by atoms with E-state index in [-0.39, 0.29) is 6.61 Å². The Balaban J connectivity index is 3.80. The highest BCUT2D eigenvalue weighted by Crippen LogP contribution is 2.13. The van der Waals surface area contributed by atoms with Crippen molar-refractivity contribution in [3.05, 3.63) is 0 Å². The molecule has 0 aromatic rings. The van der Waals surface area contributed by atoms with Crippen molar-refractivity contribution in [3.8, 4) is 0 Å². The van der Waals surface area contributed by atoms with Crippen LogP contribution >= 0.6 is 0 Å². The van der Waals surface area contributed by atoms with Crippen LogP contribution in [0.3, 0.4) is 0 Å². The summed E-state index contributed by atoms with van der Waals surface area (Å²) in [5.74, 6) is 0.835. The Labute approximate surface area is 114 Å². The average molecular weight is 258 g/mol. The maximum atomic E-state index is 9.10. The van der Waals surface area contributed by atoms with Gasteiger partial charge in [-0.05, 0) is 38.8 Å². The van der Waals surface area contributed by atoms with Crippen molar-refractivity contribution < 1.29 is 5.11 Å². The van der Waals surface area contributed by atoms with Gasteiger partial charge in [0.1, 0.15) is 0 Å². The summed E-state index contributed by atoms with van der Waals surface area (Å²) in [4.78, 5) is 2.55. The van der Waals surface area contributed by atoms with Gasteiger partial charge in [-0.1, -0.05) is 40.0 Å². The van der Waals surface area contributed by atoms with Gasteiger partial charge in [0.15, 0.2) is 0 Å². The number of aliphatic hydroxyl groups excluding tert-OH is 1. The van der Waals surface area contributed by atoms with E-state index in [1.165, 1.54) is 25.8 Å². The molecule has 3 nitrogen and oxygen atoms in total. The van der Waals surface area contributed by atoms with Crippen LogP contribution in [0.15, 0.2) is 0 Å². The van der Waals surface area contributed by atoms with Crippen molar-refractivity contribution in [3.63, 3.8) is 0 Å². The van der Waals surface area contributed by atoms with Crippen LogP contribution in [0.4, 0.5) is 0 Å². The van der Waals surface area contributed by atoms with Gasteiger partial charge < -0.3 is 15.7 Å². The largest absolute Gasteiger partial charge is 0.394 e. The minimum Gasteiger partial charge on any atom is -0.394 e. The molecule has 0 fully saturated rings. The van der Waals surface area contributed by atoms with E-state index in [9.17, 15) is 0 Å². The lowest BCUT2D eigenvalue weighted by Crippen LogP contribution is -2.40. The van der Waals surface area contributed by atoms with E-state index in [1.54, 1.807) is 0 Å². The van der Waals surface area contributed by atoms with Gasteiger partial charge >= 0.3 is 0 Å². The van der Waals surface area contributed by atoms with Gasteiger partial charge in [-0.2, -0.15) is 0 Å². The first-order chi connectivity index (χ1) is 8.49.